The van der Waals surface area contributed by atoms with Gasteiger partial charge in [-0.1, -0.05) is 12.1 Å². The number of hydrogen-bond acceptors (Lipinski definition) is 7. The van der Waals surface area contributed by atoms with Gasteiger partial charge in [0.1, 0.15) is 17.2 Å². The number of anilines is 2. The number of carbonyl (C=O) groups excluding carboxylic acids is 2. The fourth-order valence-corrected chi connectivity index (χ4v) is 3.73. The topological polar surface area (TPSA) is 114 Å². The minimum atomic E-state index is -4.73. The Morgan fingerprint density at radius 1 is 1.11 bits per heavy atom. The van der Waals surface area contributed by atoms with Gasteiger partial charge in [-0.15, -0.1) is 0 Å². The SMILES string of the molecule is Cc1ncc(OC(=O)N[C@@]2(C(=O)NCc3ccc(Nc4ccc(F)cc4C(F)(F)F)cc3)CCOC2)cn1. The van der Waals surface area contributed by atoms with E-state index in [1.165, 1.54) is 24.5 Å². The highest BCUT2D eigenvalue weighted by molar-refractivity contribution is 5.90. The third-order valence-electron chi connectivity index (χ3n) is 5.74. The quantitative estimate of drug-likeness (QED) is 0.389. The second-order valence-electron chi connectivity index (χ2n) is 8.56. The maximum absolute atomic E-state index is 13.3. The van der Waals surface area contributed by atoms with Crippen LogP contribution in [0.25, 0.3) is 0 Å². The number of rotatable bonds is 7. The van der Waals surface area contributed by atoms with E-state index in [1.54, 1.807) is 19.1 Å². The number of nitrogens with one attached hydrogen (secondary N) is 3. The van der Waals surface area contributed by atoms with Crippen LogP contribution >= 0.6 is 0 Å². The number of ether oxygens (including phenoxy) is 2. The van der Waals surface area contributed by atoms with Crippen LogP contribution in [0.3, 0.4) is 0 Å². The molecule has 4 rings (SSSR count). The fraction of sp³-hybridized carbons (Fsp3) is 0.280. The molecule has 0 aliphatic carbocycles. The average Bonchev–Trinajstić information content (AvgIpc) is 3.35. The van der Waals surface area contributed by atoms with E-state index < -0.39 is 35.1 Å². The second-order valence-corrected chi connectivity index (χ2v) is 8.56. The van der Waals surface area contributed by atoms with Gasteiger partial charge in [0.05, 0.1) is 30.3 Å². The van der Waals surface area contributed by atoms with Crippen molar-refractivity contribution in [1.82, 2.24) is 20.6 Å². The van der Waals surface area contributed by atoms with Crippen LogP contribution in [0.2, 0.25) is 0 Å². The van der Waals surface area contributed by atoms with Crippen LogP contribution in [0.5, 0.6) is 5.75 Å². The van der Waals surface area contributed by atoms with Crippen LogP contribution in [0, 0.1) is 12.7 Å². The molecule has 1 saturated heterocycles. The smallest absolute Gasteiger partial charge is 0.407 e. The predicted octanol–water partition coefficient (Wildman–Crippen LogP) is 4.25. The molecular formula is C25H23F4N5O4. The summed E-state index contributed by atoms with van der Waals surface area (Å²) in [5.74, 6) is -0.871. The number of hydrogen-bond donors (Lipinski definition) is 3. The number of benzene rings is 2. The van der Waals surface area contributed by atoms with Crippen molar-refractivity contribution in [2.75, 3.05) is 18.5 Å². The van der Waals surface area contributed by atoms with Gasteiger partial charge in [-0.2, -0.15) is 13.2 Å². The van der Waals surface area contributed by atoms with Gasteiger partial charge in [0.2, 0.25) is 5.91 Å². The molecule has 0 spiro atoms. The van der Waals surface area contributed by atoms with Crippen molar-refractivity contribution in [2.45, 2.75) is 31.6 Å². The Hall–Kier alpha value is -4.26. The summed E-state index contributed by atoms with van der Waals surface area (Å²) >= 11 is 0. The van der Waals surface area contributed by atoms with Crippen LogP contribution in [0.1, 0.15) is 23.4 Å². The first-order valence-electron chi connectivity index (χ1n) is 11.4. The number of aromatic nitrogens is 2. The van der Waals surface area contributed by atoms with E-state index in [4.69, 9.17) is 9.47 Å². The molecule has 3 aromatic rings. The van der Waals surface area contributed by atoms with Gasteiger partial charge in [0.15, 0.2) is 5.75 Å². The van der Waals surface area contributed by atoms with E-state index in [9.17, 15) is 27.2 Å². The van der Waals surface area contributed by atoms with E-state index in [2.05, 4.69) is 25.9 Å². The summed E-state index contributed by atoms with van der Waals surface area (Å²) in [5.41, 5.74) is -1.78. The molecule has 200 valence electrons. The van der Waals surface area contributed by atoms with Gasteiger partial charge in [-0.25, -0.2) is 19.2 Å². The lowest BCUT2D eigenvalue weighted by molar-refractivity contribution is -0.137. The summed E-state index contributed by atoms with van der Waals surface area (Å²) in [5, 5.41) is 7.94. The van der Waals surface area contributed by atoms with Crippen LogP contribution in [-0.2, 0) is 22.3 Å². The number of alkyl halides is 3. The van der Waals surface area contributed by atoms with Crippen LogP contribution < -0.4 is 20.7 Å². The minimum Gasteiger partial charge on any atom is -0.407 e. The minimum absolute atomic E-state index is 0.0552. The number of carbonyl (C=O) groups is 2. The lowest BCUT2D eigenvalue weighted by atomic mass is 9.97. The van der Waals surface area contributed by atoms with Crippen molar-refractivity contribution >= 4 is 23.4 Å². The Bertz CT molecular complexity index is 1290. The summed E-state index contributed by atoms with van der Waals surface area (Å²) in [4.78, 5) is 33.3. The van der Waals surface area contributed by atoms with Crippen molar-refractivity contribution in [3.05, 3.63) is 77.6 Å². The first kappa shape index (κ1) is 26.8. The molecule has 0 saturated carbocycles. The molecule has 1 atom stereocenters. The van der Waals surface area contributed by atoms with E-state index in [0.717, 1.165) is 12.1 Å². The molecule has 9 nitrogen and oxygen atoms in total. The van der Waals surface area contributed by atoms with Gasteiger partial charge in [0.25, 0.3) is 0 Å². The van der Waals surface area contributed by atoms with Gasteiger partial charge in [0, 0.05) is 25.3 Å². The highest BCUT2D eigenvalue weighted by Gasteiger charge is 2.44. The Morgan fingerprint density at radius 2 is 1.82 bits per heavy atom. The Labute approximate surface area is 214 Å². The summed E-state index contributed by atoms with van der Waals surface area (Å²) in [6, 6.07) is 8.64. The standard InChI is InChI=1S/C25H23F4N5O4/c1-15-30-12-19(13-31-15)38-23(36)34-24(8-9-37-14-24)22(35)32-11-16-2-5-18(6-3-16)33-21-7-4-17(26)10-20(21)25(27,28)29/h2-7,10,12-13,33H,8-9,11,14H2,1H3,(H,32,35)(H,34,36)/t24-/m0/s1. The van der Waals surface area contributed by atoms with Crippen LogP contribution in [0.15, 0.2) is 54.9 Å². The van der Waals surface area contributed by atoms with Gasteiger partial charge >= 0.3 is 12.3 Å². The number of aryl methyl sites for hydroxylation is 1. The third-order valence-corrected chi connectivity index (χ3v) is 5.74. The van der Waals surface area contributed by atoms with Crippen molar-refractivity contribution in [2.24, 2.45) is 0 Å². The van der Waals surface area contributed by atoms with Gasteiger partial charge < -0.3 is 25.4 Å². The normalized spacial score (nSPS) is 17.1. The fourth-order valence-electron chi connectivity index (χ4n) is 3.73. The lowest BCUT2D eigenvalue weighted by Crippen LogP contribution is -2.59. The van der Waals surface area contributed by atoms with Crippen LogP contribution in [0.4, 0.5) is 33.7 Å². The summed E-state index contributed by atoms with van der Waals surface area (Å²) in [6.07, 6.45) is -2.72. The van der Waals surface area contributed by atoms with Crippen molar-refractivity contribution < 1.29 is 36.6 Å². The zero-order valence-corrected chi connectivity index (χ0v) is 20.1. The molecule has 1 aliphatic rings. The zero-order valence-electron chi connectivity index (χ0n) is 20.1. The lowest BCUT2D eigenvalue weighted by Gasteiger charge is -2.27. The molecule has 2 aromatic carbocycles. The molecule has 1 aliphatic heterocycles. The highest BCUT2D eigenvalue weighted by atomic mass is 19.4. The molecule has 2 amide bonds. The van der Waals surface area contributed by atoms with Crippen molar-refractivity contribution in [3.63, 3.8) is 0 Å². The predicted molar refractivity (Wildman–Crippen MR) is 127 cm³/mol. The average molecular weight is 533 g/mol. The highest BCUT2D eigenvalue weighted by Crippen LogP contribution is 2.36. The van der Waals surface area contributed by atoms with Gasteiger partial charge in [-0.05, 0) is 42.8 Å². The first-order valence-corrected chi connectivity index (χ1v) is 11.4. The number of amides is 2. The molecule has 0 radical (unpaired) electrons. The Balaban J connectivity index is 1.36. The number of nitrogens with zero attached hydrogens (tertiary/aromatic N) is 2. The summed E-state index contributed by atoms with van der Waals surface area (Å²) in [6.45, 7) is 1.96. The molecular weight excluding hydrogens is 510 g/mol. The third kappa shape index (κ3) is 6.54. The molecule has 13 heteroatoms. The van der Waals surface area contributed by atoms with Crippen molar-refractivity contribution in [1.29, 1.82) is 0 Å². The van der Waals surface area contributed by atoms with Crippen LogP contribution in [-0.4, -0.2) is 40.7 Å². The summed E-state index contributed by atoms with van der Waals surface area (Å²) in [7, 11) is 0. The van der Waals surface area contributed by atoms with E-state index >= 15 is 0 Å². The largest absolute Gasteiger partial charge is 0.418 e. The van der Waals surface area contributed by atoms with E-state index in [1.807, 2.05) is 0 Å². The monoisotopic (exact) mass is 533 g/mol. The Kier molecular flexibility index (Phi) is 7.76. The molecule has 38 heavy (non-hydrogen) atoms. The summed E-state index contributed by atoms with van der Waals surface area (Å²) < 4.78 is 63.6. The molecule has 1 aromatic heterocycles. The van der Waals surface area contributed by atoms with E-state index in [0.29, 0.717) is 23.1 Å². The van der Waals surface area contributed by atoms with Gasteiger partial charge in [-0.3, -0.25) is 4.79 Å². The maximum atomic E-state index is 13.3. The first-order chi connectivity index (χ1) is 18.0. The Morgan fingerprint density at radius 3 is 2.45 bits per heavy atom. The zero-order chi connectivity index (χ0) is 27.3. The molecule has 1 fully saturated rings. The molecule has 3 N–H and O–H groups in total. The van der Waals surface area contributed by atoms with E-state index in [-0.39, 0.29) is 37.6 Å². The maximum Gasteiger partial charge on any atom is 0.418 e. The van der Waals surface area contributed by atoms with Crippen molar-refractivity contribution in [3.8, 4) is 5.75 Å². The molecule has 0 bridgehead atoms. The number of halogens is 4. The second kappa shape index (κ2) is 11.0. The molecule has 0 unspecified atom stereocenters. The molecule has 2 heterocycles.